The van der Waals surface area contributed by atoms with Crippen LogP contribution in [0.5, 0.6) is 17.2 Å². The van der Waals surface area contributed by atoms with Crippen LogP contribution < -0.4 is 14.2 Å². The molecule has 0 bridgehead atoms. The van der Waals surface area contributed by atoms with Crippen molar-refractivity contribution >= 4 is 28.8 Å². The molecule has 6 heteroatoms. The lowest BCUT2D eigenvalue weighted by Gasteiger charge is -2.06. The van der Waals surface area contributed by atoms with Gasteiger partial charge in [0.25, 0.3) is 0 Å². The van der Waals surface area contributed by atoms with Crippen molar-refractivity contribution in [1.29, 1.82) is 0 Å². The average molecular weight is 519 g/mol. The van der Waals surface area contributed by atoms with Crippen LogP contribution in [0.1, 0.15) is 33.2 Å². The topological polar surface area (TPSA) is 75.0 Å². The van der Waals surface area contributed by atoms with Crippen molar-refractivity contribution in [3.8, 4) is 28.6 Å². The molecular weight excluding hydrogens is 492 g/mol. The number of rotatable bonds is 9. The SMILES string of the molecule is CCOc1ccc(C=CC(=O)c2ccc(OC(=O)c3c(-c4ccccc4)oc4ccc(OC)cc34)cc2)cc1. The van der Waals surface area contributed by atoms with Crippen molar-refractivity contribution in [2.75, 3.05) is 13.7 Å². The van der Waals surface area contributed by atoms with Crippen molar-refractivity contribution in [3.05, 3.63) is 120 Å². The molecule has 194 valence electrons. The van der Waals surface area contributed by atoms with Crippen molar-refractivity contribution in [2.24, 2.45) is 0 Å². The summed E-state index contributed by atoms with van der Waals surface area (Å²) >= 11 is 0. The molecule has 0 saturated carbocycles. The third-order valence-corrected chi connectivity index (χ3v) is 6.10. The number of methoxy groups -OCH3 is 1. The second-order valence-electron chi connectivity index (χ2n) is 8.65. The number of esters is 1. The molecule has 0 aliphatic rings. The first kappa shape index (κ1) is 25.5. The molecule has 5 aromatic rings. The third kappa shape index (κ3) is 5.75. The first-order chi connectivity index (χ1) is 19.1. The lowest BCUT2D eigenvalue weighted by atomic mass is 10.1. The number of benzene rings is 4. The van der Waals surface area contributed by atoms with Gasteiger partial charge in [0.05, 0.1) is 13.7 Å². The Morgan fingerprint density at radius 1 is 0.821 bits per heavy atom. The highest BCUT2D eigenvalue weighted by molar-refractivity contribution is 6.10. The molecule has 1 aromatic heterocycles. The third-order valence-electron chi connectivity index (χ3n) is 6.10. The molecule has 0 aliphatic heterocycles. The number of ether oxygens (including phenoxy) is 3. The highest BCUT2D eigenvalue weighted by Crippen LogP contribution is 2.36. The van der Waals surface area contributed by atoms with Crippen LogP contribution >= 0.6 is 0 Å². The molecule has 0 unspecified atom stereocenters. The van der Waals surface area contributed by atoms with E-state index in [-0.39, 0.29) is 5.78 Å². The van der Waals surface area contributed by atoms with Gasteiger partial charge in [0, 0.05) is 16.5 Å². The van der Waals surface area contributed by atoms with Crippen LogP contribution in [0.4, 0.5) is 0 Å². The molecule has 0 radical (unpaired) electrons. The molecule has 0 spiro atoms. The van der Waals surface area contributed by atoms with Crippen LogP contribution in [0.3, 0.4) is 0 Å². The average Bonchev–Trinajstić information content (AvgIpc) is 3.36. The molecule has 0 atom stereocenters. The highest BCUT2D eigenvalue weighted by Gasteiger charge is 2.24. The molecule has 39 heavy (non-hydrogen) atoms. The number of hydrogen-bond donors (Lipinski definition) is 0. The predicted molar refractivity (Wildman–Crippen MR) is 151 cm³/mol. The monoisotopic (exact) mass is 518 g/mol. The van der Waals surface area contributed by atoms with Crippen molar-refractivity contribution in [2.45, 2.75) is 6.92 Å². The van der Waals surface area contributed by atoms with E-state index >= 15 is 0 Å². The zero-order valence-electron chi connectivity index (χ0n) is 21.5. The maximum atomic E-state index is 13.4. The predicted octanol–water partition coefficient (Wildman–Crippen LogP) is 7.62. The Balaban J connectivity index is 1.35. The Morgan fingerprint density at radius 2 is 1.51 bits per heavy atom. The summed E-state index contributed by atoms with van der Waals surface area (Å²) in [4.78, 5) is 26.1. The van der Waals surface area contributed by atoms with Crippen molar-refractivity contribution in [3.63, 3.8) is 0 Å². The van der Waals surface area contributed by atoms with Crippen LogP contribution in [0, 0.1) is 0 Å². The van der Waals surface area contributed by atoms with Gasteiger partial charge in [0.1, 0.15) is 34.2 Å². The zero-order chi connectivity index (χ0) is 27.2. The van der Waals surface area contributed by atoms with Gasteiger partial charge in [-0.1, -0.05) is 48.5 Å². The lowest BCUT2D eigenvalue weighted by molar-refractivity contribution is 0.0737. The Kier molecular flexibility index (Phi) is 7.55. The van der Waals surface area contributed by atoms with E-state index in [4.69, 9.17) is 18.6 Å². The molecule has 1 heterocycles. The number of ketones is 1. The van der Waals surface area contributed by atoms with E-state index in [0.717, 1.165) is 16.9 Å². The number of furan rings is 1. The summed E-state index contributed by atoms with van der Waals surface area (Å²) in [5.41, 5.74) is 2.95. The van der Waals surface area contributed by atoms with Crippen LogP contribution in [-0.2, 0) is 0 Å². The molecular formula is C33H26O6. The molecule has 0 aliphatic carbocycles. The minimum Gasteiger partial charge on any atom is -0.497 e. The first-order valence-corrected chi connectivity index (χ1v) is 12.5. The molecule has 4 aromatic carbocycles. The Hall–Kier alpha value is -5.10. The Bertz CT molecular complexity index is 1630. The molecule has 5 rings (SSSR count). The van der Waals surface area contributed by atoms with E-state index in [2.05, 4.69) is 0 Å². The molecule has 0 fully saturated rings. The molecule has 0 saturated heterocycles. The summed E-state index contributed by atoms with van der Waals surface area (Å²) in [5, 5.41) is 0.587. The number of hydrogen-bond acceptors (Lipinski definition) is 6. The van der Waals surface area contributed by atoms with Crippen LogP contribution in [-0.4, -0.2) is 25.5 Å². The lowest BCUT2D eigenvalue weighted by Crippen LogP contribution is -2.09. The maximum absolute atomic E-state index is 13.4. The summed E-state index contributed by atoms with van der Waals surface area (Å²) in [6.07, 6.45) is 3.25. The van der Waals surface area contributed by atoms with Gasteiger partial charge in [-0.05, 0) is 73.2 Å². The van der Waals surface area contributed by atoms with Gasteiger partial charge in [-0.2, -0.15) is 0 Å². The van der Waals surface area contributed by atoms with E-state index in [1.54, 1.807) is 55.7 Å². The minimum absolute atomic E-state index is 0.166. The van der Waals surface area contributed by atoms with Gasteiger partial charge in [0.2, 0.25) is 0 Å². The number of fused-ring (bicyclic) bond motifs is 1. The van der Waals surface area contributed by atoms with E-state index in [9.17, 15) is 9.59 Å². The fourth-order valence-electron chi connectivity index (χ4n) is 4.15. The van der Waals surface area contributed by atoms with E-state index in [1.165, 1.54) is 6.08 Å². The standard InChI is InChI=1S/C33H26O6/c1-3-37-25-14-9-22(10-15-25)11-19-29(34)23-12-16-26(17-13-23)38-33(35)31-28-21-27(36-2)18-20-30(28)39-32(31)24-7-5-4-6-8-24/h4-21H,3H2,1-2H3. The summed E-state index contributed by atoms with van der Waals surface area (Å²) in [5.74, 6) is 1.36. The van der Waals surface area contributed by atoms with Crippen molar-refractivity contribution < 1.29 is 28.2 Å². The van der Waals surface area contributed by atoms with Gasteiger partial charge in [0.15, 0.2) is 5.78 Å². The molecule has 0 amide bonds. The smallest absolute Gasteiger partial charge is 0.348 e. The number of carbonyl (C=O) groups is 2. The minimum atomic E-state index is -0.574. The van der Waals surface area contributed by atoms with Gasteiger partial charge in [-0.3, -0.25) is 4.79 Å². The summed E-state index contributed by atoms with van der Waals surface area (Å²) in [7, 11) is 1.56. The Morgan fingerprint density at radius 3 is 2.21 bits per heavy atom. The number of allylic oxidation sites excluding steroid dienone is 1. The number of carbonyl (C=O) groups excluding carboxylic acids is 2. The van der Waals surface area contributed by atoms with Crippen LogP contribution in [0.2, 0.25) is 0 Å². The fraction of sp³-hybridized carbons (Fsp3) is 0.0909. The summed E-state index contributed by atoms with van der Waals surface area (Å²) in [6.45, 7) is 2.53. The zero-order valence-corrected chi connectivity index (χ0v) is 21.5. The van der Waals surface area contributed by atoms with Crippen LogP contribution in [0.15, 0.2) is 108 Å². The molecule has 0 N–H and O–H groups in total. The summed E-state index contributed by atoms with van der Waals surface area (Å²) in [6, 6.07) is 28.6. The van der Waals surface area contributed by atoms with E-state index in [1.807, 2.05) is 61.5 Å². The van der Waals surface area contributed by atoms with E-state index < -0.39 is 5.97 Å². The quantitative estimate of drug-likeness (QED) is 0.0865. The first-order valence-electron chi connectivity index (χ1n) is 12.5. The van der Waals surface area contributed by atoms with E-state index in [0.29, 0.717) is 46.0 Å². The fourth-order valence-corrected chi connectivity index (χ4v) is 4.15. The Labute approximate surface area is 226 Å². The van der Waals surface area contributed by atoms with Gasteiger partial charge < -0.3 is 18.6 Å². The largest absolute Gasteiger partial charge is 0.497 e. The van der Waals surface area contributed by atoms with Crippen LogP contribution in [0.25, 0.3) is 28.4 Å². The second kappa shape index (κ2) is 11.5. The van der Waals surface area contributed by atoms with Gasteiger partial charge in [-0.25, -0.2) is 4.79 Å². The van der Waals surface area contributed by atoms with Gasteiger partial charge in [-0.15, -0.1) is 0 Å². The highest BCUT2D eigenvalue weighted by atomic mass is 16.5. The van der Waals surface area contributed by atoms with Gasteiger partial charge >= 0.3 is 5.97 Å². The van der Waals surface area contributed by atoms with Crippen molar-refractivity contribution in [1.82, 2.24) is 0 Å². The normalized spacial score (nSPS) is 11.0. The maximum Gasteiger partial charge on any atom is 0.348 e. The molecule has 6 nitrogen and oxygen atoms in total. The second-order valence-corrected chi connectivity index (χ2v) is 8.65. The summed E-state index contributed by atoms with van der Waals surface area (Å²) < 4.78 is 22.6.